The van der Waals surface area contributed by atoms with E-state index in [2.05, 4.69) is 24.0 Å². The van der Waals surface area contributed by atoms with Crippen molar-refractivity contribution in [2.45, 2.75) is 25.8 Å². The van der Waals surface area contributed by atoms with Crippen LogP contribution in [0, 0.1) is 11.7 Å². The molecule has 1 aliphatic rings. The molecular weight excluding hydrogens is 233 g/mol. The van der Waals surface area contributed by atoms with Crippen LogP contribution < -0.4 is 5.32 Å². The van der Waals surface area contributed by atoms with Gasteiger partial charge in [-0.15, -0.1) is 0 Å². The van der Waals surface area contributed by atoms with Crippen LogP contribution in [0.5, 0.6) is 0 Å². The topological polar surface area (TPSA) is 12.0 Å². The molecule has 1 unspecified atom stereocenters. The molecule has 0 saturated carbocycles. The number of hydrogen-bond acceptors (Lipinski definition) is 2. The average Bonchev–Trinajstić information content (AvgIpc) is 2.37. The molecule has 0 aromatic heterocycles. The van der Waals surface area contributed by atoms with E-state index in [1.165, 1.54) is 30.4 Å². The third-order valence-electron chi connectivity index (χ3n) is 3.32. The Morgan fingerprint density at radius 2 is 2.41 bits per heavy atom. The van der Waals surface area contributed by atoms with Gasteiger partial charge in [0.05, 0.1) is 0 Å². The molecule has 0 bridgehead atoms. The molecule has 1 saturated heterocycles. The molecule has 2 rings (SSSR count). The fraction of sp³-hybridized carbons (Fsp3) is 0.571. The maximum atomic E-state index is 13.1. The summed E-state index contributed by atoms with van der Waals surface area (Å²) in [4.78, 5) is 0. The Hall–Kier alpha value is -0.540. The quantitative estimate of drug-likeness (QED) is 0.879. The first-order valence-corrected chi connectivity index (χ1v) is 7.48. The van der Waals surface area contributed by atoms with Gasteiger partial charge in [0.1, 0.15) is 5.82 Å². The van der Waals surface area contributed by atoms with Crippen molar-refractivity contribution in [2.24, 2.45) is 5.92 Å². The zero-order chi connectivity index (χ0) is 12.1. The van der Waals surface area contributed by atoms with Crippen LogP contribution >= 0.6 is 11.8 Å². The van der Waals surface area contributed by atoms with Crippen LogP contribution in [0.4, 0.5) is 4.39 Å². The summed E-state index contributed by atoms with van der Waals surface area (Å²) >= 11 is 2.05. The fourth-order valence-corrected chi connectivity index (χ4v) is 3.36. The molecule has 1 nitrogen and oxygen atoms in total. The van der Waals surface area contributed by atoms with Crippen molar-refractivity contribution < 1.29 is 4.39 Å². The Kier molecular flexibility index (Phi) is 4.86. The van der Waals surface area contributed by atoms with E-state index in [9.17, 15) is 4.39 Å². The summed E-state index contributed by atoms with van der Waals surface area (Å²) in [5.74, 6) is 3.22. The Morgan fingerprint density at radius 3 is 3.12 bits per heavy atom. The van der Waals surface area contributed by atoms with Crippen LogP contribution in [0.3, 0.4) is 0 Å². The highest BCUT2D eigenvalue weighted by molar-refractivity contribution is 7.99. The molecule has 1 N–H and O–H groups in total. The molecule has 0 radical (unpaired) electrons. The molecule has 0 amide bonds. The summed E-state index contributed by atoms with van der Waals surface area (Å²) in [5.41, 5.74) is 1.04. The molecule has 17 heavy (non-hydrogen) atoms. The normalized spacial score (nSPS) is 22.4. The van der Waals surface area contributed by atoms with E-state index in [-0.39, 0.29) is 11.9 Å². The zero-order valence-corrected chi connectivity index (χ0v) is 11.1. The van der Waals surface area contributed by atoms with Crippen LogP contribution in [0.1, 0.15) is 31.4 Å². The highest BCUT2D eigenvalue weighted by Gasteiger charge is 2.15. The van der Waals surface area contributed by atoms with Crippen molar-refractivity contribution in [3.63, 3.8) is 0 Å². The maximum Gasteiger partial charge on any atom is 0.123 e. The summed E-state index contributed by atoms with van der Waals surface area (Å²) in [6, 6.07) is 7.11. The number of rotatable bonds is 4. The molecule has 2 atom stereocenters. The average molecular weight is 253 g/mol. The lowest BCUT2D eigenvalue weighted by Gasteiger charge is -2.24. The first-order valence-electron chi connectivity index (χ1n) is 6.32. The fourth-order valence-electron chi connectivity index (χ4n) is 2.21. The molecular formula is C14H20FNS. The predicted molar refractivity (Wildman–Crippen MR) is 72.9 cm³/mol. The number of hydrogen-bond donors (Lipinski definition) is 1. The zero-order valence-electron chi connectivity index (χ0n) is 10.3. The molecule has 0 spiro atoms. The van der Waals surface area contributed by atoms with E-state index in [4.69, 9.17) is 0 Å². The minimum atomic E-state index is -0.149. The van der Waals surface area contributed by atoms with E-state index in [0.29, 0.717) is 0 Å². The van der Waals surface area contributed by atoms with Gasteiger partial charge in [-0.1, -0.05) is 12.1 Å². The minimum absolute atomic E-state index is 0.149. The highest BCUT2D eigenvalue weighted by Crippen LogP contribution is 2.23. The van der Waals surface area contributed by atoms with Gasteiger partial charge in [0.25, 0.3) is 0 Å². The number of halogens is 1. The van der Waals surface area contributed by atoms with Gasteiger partial charge < -0.3 is 5.32 Å². The van der Waals surface area contributed by atoms with Gasteiger partial charge in [0.15, 0.2) is 0 Å². The number of thioether (sulfide) groups is 1. The summed E-state index contributed by atoms with van der Waals surface area (Å²) in [6.07, 6.45) is 2.67. The molecule has 1 aliphatic heterocycles. The lowest BCUT2D eigenvalue weighted by atomic mass is 10.0. The minimum Gasteiger partial charge on any atom is -0.310 e. The third kappa shape index (κ3) is 4.00. The summed E-state index contributed by atoms with van der Waals surface area (Å²) in [7, 11) is 0. The van der Waals surface area contributed by atoms with Crippen LogP contribution in [-0.4, -0.2) is 18.1 Å². The largest absolute Gasteiger partial charge is 0.310 e. The lowest BCUT2D eigenvalue weighted by molar-refractivity contribution is 0.443. The molecule has 1 aromatic rings. The van der Waals surface area contributed by atoms with Crippen LogP contribution in [0.15, 0.2) is 24.3 Å². The van der Waals surface area contributed by atoms with Crippen molar-refractivity contribution in [1.29, 1.82) is 0 Å². The predicted octanol–water partition coefficient (Wildman–Crippen LogP) is 3.62. The van der Waals surface area contributed by atoms with Crippen LogP contribution in [-0.2, 0) is 0 Å². The van der Waals surface area contributed by atoms with Gasteiger partial charge >= 0.3 is 0 Å². The van der Waals surface area contributed by atoms with Gasteiger partial charge in [-0.25, -0.2) is 4.39 Å². The lowest BCUT2D eigenvalue weighted by Crippen LogP contribution is -2.28. The molecule has 1 fully saturated rings. The monoisotopic (exact) mass is 253 g/mol. The molecule has 94 valence electrons. The summed E-state index contributed by atoms with van der Waals surface area (Å²) in [5, 5.41) is 3.52. The van der Waals surface area contributed by atoms with Gasteiger partial charge in [-0.05, 0) is 61.4 Å². The third-order valence-corrected chi connectivity index (χ3v) is 4.60. The molecule has 0 aliphatic carbocycles. The van der Waals surface area contributed by atoms with Gasteiger partial charge in [-0.2, -0.15) is 11.8 Å². The van der Waals surface area contributed by atoms with Crippen LogP contribution in [0.2, 0.25) is 0 Å². The maximum absolute atomic E-state index is 13.1. The van der Waals surface area contributed by atoms with Gasteiger partial charge in [0, 0.05) is 6.04 Å². The second kappa shape index (κ2) is 6.41. The Balaban J connectivity index is 1.82. The molecule has 3 heteroatoms. The van der Waals surface area contributed by atoms with Crippen LogP contribution in [0.25, 0.3) is 0 Å². The number of benzene rings is 1. The van der Waals surface area contributed by atoms with Crippen molar-refractivity contribution in [1.82, 2.24) is 5.32 Å². The standard InChI is InChI=1S/C14H20FNS/c1-11(13-5-2-6-14(15)8-13)16-9-12-4-3-7-17-10-12/h2,5-6,8,11-12,16H,3-4,7,9-10H2,1H3/t11-,12?/m1/s1. The molecule has 1 aromatic carbocycles. The first kappa shape index (κ1) is 12.9. The van der Waals surface area contributed by atoms with Crippen molar-refractivity contribution in [2.75, 3.05) is 18.1 Å². The smallest absolute Gasteiger partial charge is 0.123 e. The Labute approximate surface area is 107 Å². The second-order valence-electron chi connectivity index (χ2n) is 4.77. The molecule has 1 heterocycles. The summed E-state index contributed by atoms with van der Waals surface area (Å²) in [6.45, 7) is 3.15. The summed E-state index contributed by atoms with van der Waals surface area (Å²) < 4.78 is 13.1. The van der Waals surface area contributed by atoms with Crippen molar-refractivity contribution in [3.05, 3.63) is 35.6 Å². The Morgan fingerprint density at radius 1 is 1.53 bits per heavy atom. The first-order chi connectivity index (χ1) is 8.25. The van der Waals surface area contributed by atoms with Crippen molar-refractivity contribution >= 4 is 11.8 Å². The van der Waals surface area contributed by atoms with Gasteiger partial charge in [0.2, 0.25) is 0 Å². The van der Waals surface area contributed by atoms with E-state index in [1.807, 2.05) is 6.07 Å². The van der Waals surface area contributed by atoms with E-state index in [1.54, 1.807) is 12.1 Å². The van der Waals surface area contributed by atoms with E-state index in [0.717, 1.165) is 18.0 Å². The Bertz CT molecular complexity index is 350. The van der Waals surface area contributed by atoms with Crippen molar-refractivity contribution in [3.8, 4) is 0 Å². The number of nitrogens with one attached hydrogen (secondary N) is 1. The second-order valence-corrected chi connectivity index (χ2v) is 5.92. The van der Waals surface area contributed by atoms with E-state index < -0.39 is 0 Å². The van der Waals surface area contributed by atoms with E-state index >= 15 is 0 Å². The SMILES string of the molecule is C[C@@H](NCC1CCCSC1)c1cccc(F)c1. The van der Waals surface area contributed by atoms with Gasteiger partial charge in [-0.3, -0.25) is 0 Å². The highest BCUT2D eigenvalue weighted by atomic mass is 32.2.